The summed E-state index contributed by atoms with van der Waals surface area (Å²) in [6.45, 7) is -1.41. The van der Waals surface area contributed by atoms with Crippen LogP contribution in [0.25, 0.3) is 11.4 Å². The van der Waals surface area contributed by atoms with Crippen LogP contribution in [0.3, 0.4) is 0 Å². The first-order chi connectivity index (χ1) is 15.0. The number of hydrogen-bond acceptors (Lipinski definition) is 4. The van der Waals surface area contributed by atoms with Gasteiger partial charge in [0.25, 0.3) is 11.5 Å². The Kier molecular flexibility index (Phi) is 6.35. The molecule has 1 heterocycles. The summed E-state index contributed by atoms with van der Waals surface area (Å²) in [5.41, 5.74) is -4.45. The Morgan fingerprint density at radius 1 is 1.06 bits per heavy atom. The van der Waals surface area contributed by atoms with E-state index in [2.05, 4.69) is 15.3 Å². The van der Waals surface area contributed by atoms with E-state index in [0.29, 0.717) is 12.1 Å². The molecule has 6 nitrogen and oxygen atoms in total. The van der Waals surface area contributed by atoms with Gasteiger partial charge in [0.15, 0.2) is 0 Å². The molecule has 3 N–H and O–H groups in total. The van der Waals surface area contributed by atoms with E-state index in [-0.39, 0.29) is 5.56 Å². The molecule has 0 bridgehead atoms. The molecule has 1 aromatic heterocycles. The molecule has 0 fully saturated rings. The maximum Gasteiger partial charge on any atom is 0.419 e. The molecule has 32 heavy (non-hydrogen) atoms. The van der Waals surface area contributed by atoms with Gasteiger partial charge in [-0.3, -0.25) is 9.59 Å². The number of carbonyl (C=O) groups excluding carboxylic acids is 1. The number of aliphatic hydroxyl groups excluding tert-OH is 1. The highest BCUT2D eigenvalue weighted by molar-refractivity contribution is 5.94. The zero-order chi connectivity index (χ0) is 23.6. The summed E-state index contributed by atoms with van der Waals surface area (Å²) in [4.78, 5) is 30.5. The fourth-order valence-corrected chi connectivity index (χ4v) is 2.84. The van der Waals surface area contributed by atoms with E-state index in [1.165, 1.54) is 0 Å². The van der Waals surface area contributed by atoms with E-state index in [4.69, 9.17) is 0 Å². The Morgan fingerprint density at radius 3 is 2.28 bits per heavy atom. The number of aliphatic hydroxyl groups is 1. The molecule has 2 aromatic carbocycles. The summed E-state index contributed by atoms with van der Waals surface area (Å²) < 4.78 is 79.7. The van der Waals surface area contributed by atoms with Gasteiger partial charge in [0, 0.05) is 6.54 Å². The van der Waals surface area contributed by atoms with Crippen LogP contribution in [0.5, 0.6) is 0 Å². The van der Waals surface area contributed by atoms with Crippen LogP contribution in [0, 0.1) is 17.5 Å². The molecule has 0 aliphatic carbocycles. The van der Waals surface area contributed by atoms with E-state index in [9.17, 15) is 41.0 Å². The van der Waals surface area contributed by atoms with E-state index >= 15 is 0 Å². The van der Waals surface area contributed by atoms with E-state index in [1.807, 2.05) is 0 Å². The average Bonchev–Trinajstić information content (AvgIpc) is 2.70. The van der Waals surface area contributed by atoms with Gasteiger partial charge < -0.3 is 15.4 Å². The topological polar surface area (TPSA) is 95.1 Å². The van der Waals surface area contributed by atoms with Gasteiger partial charge in [0.05, 0.1) is 23.3 Å². The lowest BCUT2D eigenvalue weighted by molar-refractivity contribution is -0.140. The summed E-state index contributed by atoms with van der Waals surface area (Å²) in [6, 6.07) is 4.88. The lowest BCUT2D eigenvalue weighted by Gasteiger charge is -2.12. The fourth-order valence-electron chi connectivity index (χ4n) is 2.84. The van der Waals surface area contributed by atoms with Crippen LogP contribution in [0.1, 0.15) is 27.2 Å². The van der Waals surface area contributed by atoms with Crippen molar-refractivity contribution in [2.24, 2.45) is 0 Å². The standard InChI is InChI=1S/C20H13F6N3O3/c21-12-2-1-3-13(22)15(12)17-28-16(10(8-30)18(31)29-17)19(32)27-7-9-4-5-11(14(23)6-9)20(24,25)26/h1-6,30H,7-8H2,(H,27,32)(H,28,29,31). The van der Waals surface area contributed by atoms with Gasteiger partial charge in [-0.05, 0) is 29.8 Å². The van der Waals surface area contributed by atoms with Crippen molar-refractivity contribution in [3.8, 4) is 11.4 Å². The number of benzene rings is 2. The highest BCUT2D eigenvalue weighted by Gasteiger charge is 2.34. The molecule has 1 amide bonds. The van der Waals surface area contributed by atoms with Crippen LogP contribution in [0.4, 0.5) is 26.3 Å². The number of aromatic amines is 1. The molecule has 0 atom stereocenters. The third-order valence-corrected chi connectivity index (χ3v) is 4.38. The molecule has 12 heteroatoms. The highest BCUT2D eigenvalue weighted by Crippen LogP contribution is 2.31. The van der Waals surface area contributed by atoms with Gasteiger partial charge >= 0.3 is 6.18 Å². The zero-order valence-corrected chi connectivity index (χ0v) is 15.9. The summed E-state index contributed by atoms with van der Waals surface area (Å²) in [6.07, 6.45) is -4.89. The first-order valence-corrected chi connectivity index (χ1v) is 8.85. The van der Waals surface area contributed by atoms with Gasteiger partial charge in [0.2, 0.25) is 0 Å². The molecule has 3 aromatic rings. The SMILES string of the molecule is O=C(NCc1ccc(C(F)(F)F)c(F)c1)c1nc(-c2c(F)cccc2F)[nH]c(=O)c1CO. The van der Waals surface area contributed by atoms with Crippen LogP contribution in [0.2, 0.25) is 0 Å². The molecular formula is C20H13F6N3O3. The molecule has 0 aliphatic heterocycles. The van der Waals surface area contributed by atoms with Gasteiger partial charge in [0.1, 0.15) is 29.0 Å². The molecule has 0 unspecified atom stereocenters. The molecule has 0 aliphatic rings. The number of rotatable bonds is 5. The Morgan fingerprint density at radius 2 is 1.72 bits per heavy atom. The second kappa shape index (κ2) is 8.83. The Labute approximate surface area is 175 Å². The minimum atomic E-state index is -4.89. The van der Waals surface area contributed by atoms with Gasteiger partial charge in [-0.25, -0.2) is 18.2 Å². The van der Waals surface area contributed by atoms with E-state index in [0.717, 1.165) is 24.3 Å². The van der Waals surface area contributed by atoms with Crippen LogP contribution in [-0.2, 0) is 19.3 Å². The molecule has 168 valence electrons. The minimum absolute atomic E-state index is 0.0420. The number of nitrogens with one attached hydrogen (secondary N) is 2. The van der Waals surface area contributed by atoms with Crippen molar-refractivity contribution in [3.05, 3.63) is 86.6 Å². The Balaban J connectivity index is 1.92. The van der Waals surface area contributed by atoms with Crippen molar-refractivity contribution in [1.29, 1.82) is 0 Å². The van der Waals surface area contributed by atoms with Gasteiger partial charge in [-0.1, -0.05) is 12.1 Å². The lowest BCUT2D eigenvalue weighted by atomic mass is 10.1. The number of hydrogen-bond donors (Lipinski definition) is 3. The predicted molar refractivity (Wildman–Crippen MR) is 98.7 cm³/mol. The maximum absolute atomic E-state index is 14.0. The number of alkyl halides is 3. The summed E-state index contributed by atoms with van der Waals surface area (Å²) in [5, 5.41) is 11.6. The molecule has 0 saturated carbocycles. The monoisotopic (exact) mass is 457 g/mol. The quantitative estimate of drug-likeness (QED) is 0.513. The summed E-state index contributed by atoms with van der Waals surface area (Å²) in [7, 11) is 0. The zero-order valence-electron chi connectivity index (χ0n) is 15.9. The van der Waals surface area contributed by atoms with Crippen LogP contribution < -0.4 is 10.9 Å². The van der Waals surface area contributed by atoms with E-state index in [1.54, 1.807) is 0 Å². The highest BCUT2D eigenvalue weighted by atomic mass is 19.4. The number of halogens is 6. The Bertz CT molecular complexity index is 1220. The second-order valence-electron chi connectivity index (χ2n) is 6.49. The van der Waals surface area contributed by atoms with Crippen LogP contribution in [-0.4, -0.2) is 21.0 Å². The van der Waals surface area contributed by atoms with Crippen LogP contribution >= 0.6 is 0 Å². The summed E-state index contributed by atoms with van der Waals surface area (Å²) >= 11 is 0. The number of aromatic nitrogens is 2. The minimum Gasteiger partial charge on any atom is -0.391 e. The maximum atomic E-state index is 14.0. The smallest absolute Gasteiger partial charge is 0.391 e. The third kappa shape index (κ3) is 4.64. The second-order valence-corrected chi connectivity index (χ2v) is 6.49. The van der Waals surface area contributed by atoms with Crippen molar-refractivity contribution in [2.75, 3.05) is 0 Å². The first-order valence-electron chi connectivity index (χ1n) is 8.85. The first kappa shape index (κ1) is 23.0. The lowest BCUT2D eigenvalue weighted by Crippen LogP contribution is -2.30. The van der Waals surface area contributed by atoms with Crippen LogP contribution in [0.15, 0.2) is 41.2 Å². The van der Waals surface area contributed by atoms with Crippen molar-refractivity contribution < 1.29 is 36.2 Å². The number of carbonyl (C=O) groups is 1. The largest absolute Gasteiger partial charge is 0.419 e. The fraction of sp³-hybridized carbons (Fsp3) is 0.150. The molecular weight excluding hydrogens is 444 g/mol. The normalized spacial score (nSPS) is 11.5. The van der Waals surface area contributed by atoms with Crippen molar-refractivity contribution in [1.82, 2.24) is 15.3 Å². The number of H-pyrrole nitrogens is 1. The van der Waals surface area contributed by atoms with E-state index < -0.39 is 76.5 Å². The Hall–Kier alpha value is -3.67. The number of amides is 1. The van der Waals surface area contributed by atoms with Crippen molar-refractivity contribution in [3.63, 3.8) is 0 Å². The molecule has 0 spiro atoms. The summed E-state index contributed by atoms with van der Waals surface area (Å²) in [5.74, 6) is -5.40. The van der Waals surface area contributed by atoms with Crippen molar-refractivity contribution >= 4 is 5.91 Å². The van der Waals surface area contributed by atoms with Crippen molar-refractivity contribution in [2.45, 2.75) is 19.3 Å². The third-order valence-electron chi connectivity index (χ3n) is 4.38. The average molecular weight is 457 g/mol. The molecule has 0 radical (unpaired) electrons. The van der Waals surface area contributed by atoms with Gasteiger partial charge in [-0.15, -0.1) is 0 Å². The van der Waals surface area contributed by atoms with Gasteiger partial charge in [-0.2, -0.15) is 13.2 Å². The molecule has 0 saturated heterocycles. The number of nitrogens with zero attached hydrogens (tertiary/aromatic N) is 1. The molecule has 3 rings (SSSR count). The predicted octanol–water partition coefficient (Wildman–Crippen LogP) is 3.30.